The molecule has 128 valence electrons. The van der Waals surface area contributed by atoms with Crippen molar-refractivity contribution in [2.45, 2.75) is 44.8 Å². The molecule has 1 aromatic rings. The summed E-state index contributed by atoms with van der Waals surface area (Å²) >= 11 is 0. The van der Waals surface area contributed by atoms with E-state index in [2.05, 4.69) is 6.92 Å². The third-order valence-corrected chi connectivity index (χ3v) is 5.33. The van der Waals surface area contributed by atoms with E-state index >= 15 is 0 Å². The Morgan fingerprint density at radius 2 is 1.70 bits per heavy atom. The number of hydrogen-bond acceptors (Lipinski definition) is 3. The molecular weight excluding hydrogens is 302 g/mol. The van der Waals surface area contributed by atoms with Crippen LogP contribution in [0.3, 0.4) is 0 Å². The van der Waals surface area contributed by atoms with Crippen molar-refractivity contribution >= 4 is 0 Å². The molecule has 1 atom stereocenters. The Morgan fingerprint density at radius 3 is 2.30 bits per heavy atom. The van der Waals surface area contributed by atoms with Gasteiger partial charge >= 0.3 is 0 Å². The highest BCUT2D eigenvalue weighted by molar-refractivity contribution is 5.33. The molecular formula is C18H24F2O3. The Kier molecular flexibility index (Phi) is 5.17. The third-order valence-electron chi connectivity index (χ3n) is 5.33. The first-order chi connectivity index (χ1) is 11.1. The maximum Gasteiger partial charge on any atom is 0.200 e. The summed E-state index contributed by atoms with van der Waals surface area (Å²) in [6.07, 6.45) is 3.60. The molecule has 2 fully saturated rings. The van der Waals surface area contributed by atoms with Gasteiger partial charge in [-0.2, -0.15) is 4.39 Å². The maximum atomic E-state index is 14.2. The van der Waals surface area contributed by atoms with Crippen molar-refractivity contribution in [2.24, 2.45) is 11.8 Å². The largest absolute Gasteiger partial charge is 0.494 e. The smallest absolute Gasteiger partial charge is 0.200 e. The first-order valence-electron chi connectivity index (χ1n) is 8.37. The lowest BCUT2D eigenvalue weighted by molar-refractivity contribution is -0.0978. The minimum atomic E-state index is -0.881. The summed E-state index contributed by atoms with van der Waals surface area (Å²) in [5.74, 6) is -0.749. The molecule has 1 saturated carbocycles. The molecule has 1 aromatic carbocycles. The topological polar surface area (TPSA) is 27.7 Å². The van der Waals surface area contributed by atoms with Crippen molar-refractivity contribution in [1.82, 2.24) is 0 Å². The standard InChI is InChI=1S/C18H24F2O3/c1-11(18-22-9-10-23-18)12-3-5-13(6-4-12)14-7-8-15(21-2)17(20)16(14)19/h7-8,11-13,18H,3-6,9-10H2,1-2H3. The fraction of sp³-hybridized carbons (Fsp3) is 0.667. The molecule has 1 aliphatic carbocycles. The van der Waals surface area contributed by atoms with Crippen LogP contribution < -0.4 is 4.74 Å². The normalized spacial score (nSPS) is 27.1. The minimum absolute atomic E-state index is 0.0379. The quantitative estimate of drug-likeness (QED) is 0.827. The van der Waals surface area contributed by atoms with Crippen LogP contribution in [0.25, 0.3) is 0 Å². The van der Waals surface area contributed by atoms with E-state index in [1.807, 2.05) is 0 Å². The van der Waals surface area contributed by atoms with Crippen LogP contribution in [0, 0.1) is 23.5 Å². The first kappa shape index (κ1) is 16.7. The van der Waals surface area contributed by atoms with Gasteiger partial charge in [0, 0.05) is 5.92 Å². The van der Waals surface area contributed by atoms with Crippen molar-refractivity contribution in [3.63, 3.8) is 0 Å². The number of benzene rings is 1. The molecule has 3 rings (SSSR count). The highest BCUT2D eigenvalue weighted by Crippen LogP contribution is 2.42. The van der Waals surface area contributed by atoms with Gasteiger partial charge in [-0.1, -0.05) is 13.0 Å². The van der Waals surface area contributed by atoms with Crippen LogP contribution in [0.5, 0.6) is 5.75 Å². The van der Waals surface area contributed by atoms with Gasteiger partial charge in [-0.05, 0) is 49.1 Å². The van der Waals surface area contributed by atoms with Crippen LogP contribution in [0.2, 0.25) is 0 Å². The van der Waals surface area contributed by atoms with Gasteiger partial charge in [-0.3, -0.25) is 0 Å². The molecule has 0 N–H and O–H groups in total. The fourth-order valence-electron chi connectivity index (χ4n) is 3.88. The molecule has 2 aliphatic rings. The molecule has 5 heteroatoms. The molecule has 23 heavy (non-hydrogen) atoms. The third kappa shape index (κ3) is 3.36. The molecule has 1 saturated heterocycles. The van der Waals surface area contributed by atoms with Gasteiger partial charge in [-0.25, -0.2) is 4.39 Å². The maximum absolute atomic E-state index is 14.2. The van der Waals surface area contributed by atoms with E-state index < -0.39 is 11.6 Å². The number of ether oxygens (including phenoxy) is 3. The molecule has 0 bridgehead atoms. The number of methoxy groups -OCH3 is 1. The van der Waals surface area contributed by atoms with Crippen molar-refractivity contribution in [1.29, 1.82) is 0 Å². The van der Waals surface area contributed by atoms with Crippen molar-refractivity contribution in [3.8, 4) is 5.75 Å². The average Bonchev–Trinajstić information content (AvgIpc) is 3.11. The van der Waals surface area contributed by atoms with E-state index in [0.717, 1.165) is 25.7 Å². The van der Waals surface area contributed by atoms with Gasteiger partial charge < -0.3 is 14.2 Å². The second-order valence-electron chi connectivity index (χ2n) is 6.57. The summed E-state index contributed by atoms with van der Waals surface area (Å²) in [5, 5.41) is 0. The second-order valence-corrected chi connectivity index (χ2v) is 6.57. The summed E-state index contributed by atoms with van der Waals surface area (Å²) in [4.78, 5) is 0. The zero-order chi connectivity index (χ0) is 16.4. The van der Waals surface area contributed by atoms with Crippen LogP contribution in [-0.4, -0.2) is 26.6 Å². The fourth-order valence-corrected chi connectivity index (χ4v) is 3.88. The summed E-state index contributed by atoms with van der Waals surface area (Å²) in [7, 11) is 1.34. The van der Waals surface area contributed by atoms with Crippen LogP contribution in [0.1, 0.15) is 44.1 Å². The Morgan fingerprint density at radius 1 is 1.04 bits per heavy atom. The van der Waals surface area contributed by atoms with E-state index in [0.29, 0.717) is 30.6 Å². The van der Waals surface area contributed by atoms with Crippen LogP contribution in [0.15, 0.2) is 12.1 Å². The summed E-state index contributed by atoms with van der Waals surface area (Å²) in [6, 6.07) is 3.18. The van der Waals surface area contributed by atoms with Crippen LogP contribution >= 0.6 is 0 Å². The van der Waals surface area contributed by atoms with E-state index in [4.69, 9.17) is 14.2 Å². The minimum Gasteiger partial charge on any atom is -0.494 e. The van der Waals surface area contributed by atoms with Gasteiger partial charge in [-0.15, -0.1) is 0 Å². The van der Waals surface area contributed by atoms with Crippen molar-refractivity contribution in [2.75, 3.05) is 20.3 Å². The molecule has 0 spiro atoms. The van der Waals surface area contributed by atoms with Crippen molar-refractivity contribution < 1.29 is 23.0 Å². The summed E-state index contributed by atoms with van der Waals surface area (Å²) < 4.78 is 44.2. The van der Waals surface area contributed by atoms with Crippen molar-refractivity contribution in [3.05, 3.63) is 29.3 Å². The second kappa shape index (κ2) is 7.14. The zero-order valence-corrected chi connectivity index (χ0v) is 13.7. The van der Waals surface area contributed by atoms with E-state index in [-0.39, 0.29) is 18.0 Å². The molecule has 0 aromatic heterocycles. The van der Waals surface area contributed by atoms with E-state index in [9.17, 15) is 8.78 Å². The Labute approximate surface area is 135 Å². The lowest BCUT2D eigenvalue weighted by Gasteiger charge is -2.34. The van der Waals surface area contributed by atoms with Gasteiger partial charge in [0.2, 0.25) is 5.82 Å². The van der Waals surface area contributed by atoms with Gasteiger partial charge in [0.1, 0.15) is 0 Å². The predicted octanol–water partition coefficient (Wildman–Crippen LogP) is 4.26. The van der Waals surface area contributed by atoms with Crippen LogP contribution in [-0.2, 0) is 9.47 Å². The molecule has 0 radical (unpaired) electrons. The number of rotatable bonds is 4. The lowest BCUT2D eigenvalue weighted by atomic mass is 9.74. The van der Waals surface area contributed by atoms with Crippen LogP contribution in [0.4, 0.5) is 8.78 Å². The Bertz CT molecular complexity index is 535. The lowest BCUT2D eigenvalue weighted by Crippen LogP contribution is -2.29. The summed E-state index contributed by atoms with van der Waals surface area (Å²) in [6.45, 7) is 3.50. The SMILES string of the molecule is COc1ccc(C2CCC(C(C)C3OCCO3)CC2)c(F)c1F. The molecule has 1 heterocycles. The number of hydrogen-bond donors (Lipinski definition) is 0. The molecule has 1 unspecified atom stereocenters. The Hall–Kier alpha value is -1.20. The van der Waals surface area contributed by atoms with E-state index in [1.165, 1.54) is 13.2 Å². The van der Waals surface area contributed by atoms with Gasteiger partial charge in [0.25, 0.3) is 0 Å². The monoisotopic (exact) mass is 326 g/mol. The Balaban J connectivity index is 1.64. The molecule has 3 nitrogen and oxygen atoms in total. The average molecular weight is 326 g/mol. The first-order valence-corrected chi connectivity index (χ1v) is 8.37. The van der Waals surface area contributed by atoms with Gasteiger partial charge in [0.15, 0.2) is 17.9 Å². The predicted molar refractivity (Wildman–Crippen MR) is 82.5 cm³/mol. The molecule has 1 aliphatic heterocycles. The highest BCUT2D eigenvalue weighted by Gasteiger charge is 2.34. The zero-order valence-electron chi connectivity index (χ0n) is 13.7. The number of halogens is 2. The highest BCUT2D eigenvalue weighted by atomic mass is 19.2. The molecule has 0 amide bonds. The summed E-state index contributed by atoms with van der Waals surface area (Å²) in [5.41, 5.74) is 0.475. The van der Waals surface area contributed by atoms with Gasteiger partial charge in [0.05, 0.1) is 20.3 Å². The van der Waals surface area contributed by atoms with E-state index in [1.54, 1.807) is 6.07 Å².